The molecule has 7 heteroatoms. The maximum atomic E-state index is 12.8. The SMILES string of the molecule is CCOC(=O)C(F)(CO)C(F)(F)F. The van der Waals surface area contributed by atoms with Gasteiger partial charge in [0.25, 0.3) is 0 Å². The van der Waals surface area contributed by atoms with Crippen LogP contribution >= 0.6 is 0 Å². The van der Waals surface area contributed by atoms with Gasteiger partial charge in [-0.1, -0.05) is 0 Å². The van der Waals surface area contributed by atoms with E-state index in [1.165, 1.54) is 6.92 Å². The van der Waals surface area contributed by atoms with Gasteiger partial charge in [-0.3, -0.25) is 0 Å². The van der Waals surface area contributed by atoms with E-state index in [4.69, 9.17) is 5.11 Å². The maximum Gasteiger partial charge on any atom is 0.435 e. The van der Waals surface area contributed by atoms with Gasteiger partial charge in [-0.15, -0.1) is 0 Å². The van der Waals surface area contributed by atoms with E-state index in [9.17, 15) is 22.4 Å². The summed E-state index contributed by atoms with van der Waals surface area (Å²) in [5.41, 5.74) is -4.32. The van der Waals surface area contributed by atoms with Gasteiger partial charge in [0.05, 0.1) is 13.2 Å². The van der Waals surface area contributed by atoms with Crippen molar-refractivity contribution >= 4 is 5.97 Å². The van der Waals surface area contributed by atoms with E-state index in [-0.39, 0.29) is 6.61 Å². The Morgan fingerprint density at radius 3 is 2.08 bits per heavy atom. The molecule has 0 radical (unpaired) electrons. The van der Waals surface area contributed by atoms with Crippen LogP contribution in [-0.2, 0) is 9.53 Å². The van der Waals surface area contributed by atoms with Crippen molar-refractivity contribution in [2.45, 2.75) is 18.8 Å². The van der Waals surface area contributed by atoms with Gasteiger partial charge in [0.2, 0.25) is 0 Å². The molecular weight excluding hydrogens is 196 g/mol. The van der Waals surface area contributed by atoms with Gasteiger partial charge in [-0.2, -0.15) is 13.2 Å². The summed E-state index contributed by atoms with van der Waals surface area (Å²) in [6.45, 7) is -1.14. The number of hydrogen-bond acceptors (Lipinski definition) is 3. The average Bonchev–Trinajstić information content (AvgIpc) is 2.01. The molecule has 0 aromatic heterocycles. The molecule has 0 aliphatic rings. The van der Waals surface area contributed by atoms with Crippen molar-refractivity contribution in [3.8, 4) is 0 Å². The van der Waals surface area contributed by atoms with Crippen molar-refractivity contribution in [3.63, 3.8) is 0 Å². The summed E-state index contributed by atoms with van der Waals surface area (Å²) in [4.78, 5) is 10.5. The molecule has 1 atom stereocenters. The first-order valence-corrected chi connectivity index (χ1v) is 3.33. The second kappa shape index (κ2) is 3.91. The summed E-state index contributed by atoms with van der Waals surface area (Å²) in [6, 6.07) is 0. The largest absolute Gasteiger partial charge is 0.463 e. The molecule has 3 nitrogen and oxygen atoms in total. The van der Waals surface area contributed by atoms with Crippen LogP contribution in [0.5, 0.6) is 0 Å². The van der Waals surface area contributed by atoms with E-state index in [1.54, 1.807) is 0 Å². The maximum absolute atomic E-state index is 12.8. The summed E-state index contributed by atoms with van der Waals surface area (Å²) in [5, 5.41) is 8.12. The Hall–Kier alpha value is -0.850. The van der Waals surface area contributed by atoms with E-state index in [0.29, 0.717) is 0 Å². The van der Waals surface area contributed by atoms with E-state index in [1.807, 2.05) is 0 Å². The molecule has 0 rings (SSSR count). The highest BCUT2D eigenvalue weighted by atomic mass is 19.4. The molecule has 0 saturated heterocycles. The van der Waals surface area contributed by atoms with E-state index >= 15 is 0 Å². The lowest BCUT2D eigenvalue weighted by Gasteiger charge is -2.23. The molecule has 1 N–H and O–H groups in total. The normalized spacial score (nSPS) is 16.5. The van der Waals surface area contributed by atoms with Gasteiger partial charge in [0.15, 0.2) is 0 Å². The number of hydrogen-bond donors (Lipinski definition) is 1. The van der Waals surface area contributed by atoms with Crippen molar-refractivity contribution in [2.24, 2.45) is 0 Å². The van der Waals surface area contributed by atoms with Crippen LogP contribution in [0.4, 0.5) is 17.6 Å². The first-order chi connectivity index (χ1) is 5.79. The van der Waals surface area contributed by atoms with Crippen molar-refractivity contribution in [1.82, 2.24) is 0 Å². The predicted octanol–water partition coefficient (Wildman–Crippen LogP) is 0.812. The van der Waals surface area contributed by atoms with Crippen LogP contribution in [0.25, 0.3) is 0 Å². The second-order valence-electron chi connectivity index (χ2n) is 2.18. The van der Waals surface area contributed by atoms with Gasteiger partial charge in [0.1, 0.15) is 0 Å². The first kappa shape index (κ1) is 12.2. The van der Waals surface area contributed by atoms with Gasteiger partial charge in [0, 0.05) is 0 Å². The Kier molecular flexibility index (Phi) is 3.65. The number of esters is 1. The quantitative estimate of drug-likeness (QED) is 0.546. The van der Waals surface area contributed by atoms with Gasteiger partial charge < -0.3 is 9.84 Å². The third-order valence-corrected chi connectivity index (χ3v) is 1.27. The van der Waals surface area contributed by atoms with E-state index in [0.717, 1.165) is 0 Å². The molecular formula is C6H8F4O3. The second-order valence-corrected chi connectivity index (χ2v) is 2.18. The third kappa shape index (κ3) is 2.30. The highest BCUT2D eigenvalue weighted by Crippen LogP contribution is 2.34. The lowest BCUT2D eigenvalue weighted by atomic mass is 10.1. The Morgan fingerprint density at radius 2 is 1.85 bits per heavy atom. The molecule has 0 heterocycles. The van der Waals surface area contributed by atoms with Crippen LogP contribution in [0.2, 0.25) is 0 Å². The molecule has 13 heavy (non-hydrogen) atoms. The highest BCUT2D eigenvalue weighted by Gasteiger charge is 2.62. The van der Waals surface area contributed by atoms with Crippen LogP contribution in [0, 0.1) is 0 Å². The van der Waals surface area contributed by atoms with Crippen LogP contribution in [0.3, 0.4) is 0 Å². The fourth-order valence-corrected chi connectivity index (χ4v) is 0.515. The van der Waals surface area contributed by atoms with Crippen molar-refractivity contribution in [3.05, 3.63) is 0 Å². The van der Waals surface area contributed by atoms with Crippen LogP contribution in [0.15, 0.2) is 0 Å². The van der Waals surface area contributed by atoms with Gasteiger partial charge >= 0.3 is 17.8 Å². The first-order valence-electron chi connectivity index (χ1n) is 3.33. The molecule has 0 bridgehead atoms. The number of alkyl halides is 4. The zero-order chi connectivity index (χ0) is 10.7. The number of aliphatic hydroxyl groups excluding tert-OH is 1. The summed E-state index contributed by atoms with van der Waals surface area (Å²) in [5.74, 6) is -2.12. The minimum absolute atomic E-state index is 0.388. The number of aliphatic hydroxyl groups is 1. The molecule has 0 aliphatic heterocycles. The minimum Gasteiger partial charge on any atom is -0.463 e. The van der Waals surface area contributed by atoms with Crippen molar-refractivity contribution < 1.29 is 32.2 Å². The molecule has 1 unspecified atom stereocenters. The number of carbonyl (C=O) groups excluding carboxylic acids is 1. The summed E-state index contributed by atoms with van der Waals surface area (Å²) >= 11 is 0. The fourth-order valence-electron chi connectivity index (χ4n) is 0.515. The van der Waals surface area contributed by atoms with Crippen molar-refractivity contribution in [2.75, 3.05) is 13.2 Å². The number of carbonyl (C=O) groups is 1. The number of rotatable bonds is 3. The van der Waals surface area contributed by atoms with Crippen LogP contribution in [-0.4, -0.2) is 36.1 Å². The third-order valence-electron chi connectivity index (χ3n) is 1.27. The molecule has 0 aromatic rings. The monoisotopic (exact) mass is 204 g/mol. The molecule has 0 amide bonds. The molecule has 0 fully saturated rings. The zero-order valence-corrected chi connectivity index (χ0v) is 6.69. The Labute approximate surface area is 71.3 Å². The molecule has 0 aliphatic carbocycles. The van der Waals surface area contributed by atoms with Gasteiger partial charge in [-0.05, 0) is 6.92 Å². The standard InChI is InChI=1S/C6H8F4O3/c1-2-13-4(12)5(7,3-11)6(8,9)10/h11H,2-3H2,1H3. The fraction of sp³-hybridized carbons (Fsp3) is 0.833. The minimum atomic E-state index is -5.46. The van der Waals surface area contributed by atoms with Crippen LogP contribution in [0.1, 0.15) is 6.92 Å². The van der Waals surface area contributed by atoms with Crippen molar-refractivity contribution in [1.29, 1.82) is 0 Å². The predicted molar refractivity (Wildman–Crippen MR) is 33.6 cm³/mol. The Bertz CT molecular complexity index is 191. The molecule has 0 saturated carbocycles. The van der Waals surface area contributed by atoms with E-state index < -0.39 is 24.4 Å². The summed E-state index contributed by atoms with van der Waals surface area (Å²) in [7, 11) is 0. The van der Waals surface area contributed by atoms with Gasteiger partial charge in [-0.25, -0.2) is 9.18 Å². The van der Waals surface area contributed by atoms with E-state index in [2.05, 4.69) is 4.74 Å². The lowest BCUT2D eigenvalue weighted by Crippen LogP contribution is -2.52. The average molecular weight is 204 g/mol. The topological polar surface area (TPSA) is 46.5 Å². The number of halogens is 4. The Balaban J connectivity index is 4.73. The lowest BCUT2D eigenvalue weighted by molar-refractivity contribution is -0.246. The molecule has 0 aromatic carbocycles. The highest BCUT2D eigenvalue weighted by molar-refractivity contribution is 5.80. The van der Waals surface area contributed by atoms with Crippen LogP contribution < -0.4 is 0 Å². The number of ether oxygens (including phenoxy) is 1. The smallest absolute Gasteiger partial charge is 0.435 e. The molecule has 78 valence electrons. The summed E-state index contributed by atoms with van der Waals surface area (Å²) in [6.07, 6.45) is -5.46. The zero-order valence-electron chi connectivity index (χ0n) is 6.69. The summed E-state index contributed by atoms with van der Waals surface area (Å²) < 4.78 is 52.1. The Morgan fingerprint density at radius 1 is 1.38 bits per heavy atom. The molecule has 0 spiro atoms.